The Labute approximate surface area is 104 Å². The van der Waals surface area contributed by atoms with Crippen molar-refractivity contribution in [1.82, 2.24) is 10.2 Å². The molecule has 100 valence electrons. The maximum atomic E-state index is 11.6. The first-order valence-electron chi connectivity index (χ1n) is 6.32. The molecule has 0 aromatic carbocycles. The van der Waals surface area contributed by atoms with E-state index in [1.165, 1.54) is 0 Å². The van der Waals surface area contributed by atoms with Gasteiger partial charge in [-0.15, -0.1) is 0 Å². The lowest BCUT2D eigenvalue weighted by Crippen LogP contribution is -2.61. The van der Waals surface area contributed by atoms with Crippen molar-refractivity contribution in [1.29, 1.82) is 0 Å². The minimum atomic E-state index is -0.668. The highest BCUT2D eigenvalue weighted by atomic mass is 16.5. The number of ether oxygens (including phenoxy) is 1. The molecule has 5 heteroatoms. The molecule has 0 bridgehead atoms. The Bertz CT molecular complexity index is 250. The molecule has 3 N–H and O–H groups in total. The fourth-order valence-electron chi connectivity index (χ4n) is 2.23. The Balaban J connectivity index is 2.61. The molecule has 0 spiro atoms. The molecule has 0 aromatic rings. The summed E-state index contributed by atoms with van der Waals surface area (Å²) >= 11 is 0. The standard InChI is InChI=1S/C12H25N3O2/c1-10(2)14-12(3,11(13)16)9-15-5-4-7-17-8-6-15/h10,14H,4-9H2,1-3H3,(H2,13,16). The zero-order valence-electron chi connectivity index (χ0n) is 11.2. The van der Waals surface area contributed by atoms with Crippen molar-refractivity contribution in [2.45, 2.75) is 38.8 Å². The zero-order chi connectivity index (χ0) is 12.9. The average Bonchev–Trinajstić information content (AvgIpc) is 2.44. The van der Waals surface area contributed by atoms with Crippen LogP contribution in [0.1, 0.15) is 27.2 Å². The maximum Gasteiger partial charge on any atom is 0.238 e. The fraction of sp³-hybridized carbons (Fsp3) is 0.917. The van der Waals surface area contributed by atoms with Crippen LogP contribution in [0.25, 0.3) is 0 Å². The first-order chi connectivity index (χ1) is 7.94. The molecule has 5 nitrogen and oxygen atoms in total. The van der Waals surface area contributed by atoms with E-state index in [2.05, 4.69) is 10.2 Å². The van der Waals surface area contributed by atoms with Gasteiger partial charge in [0.2, 0.25) is 5.91 Å². The zero-order valence-corrected chi connectivity index (χ0v) is 11.2. The number of primary amides is 1. The number of amides is 1. The van der Waals surface area contributed by atoms with Crippen molar-refractivity contribution >= 4 is 5.91 Å². The van der Waals surface area contributed by atoms with Crippen LogP contribution in [0.4, 0.5) is 0 Å². The predicted octanol–water partition coefficient (Wildman–Crippen LogP) is -0.0493. The third kappa shape index (κ3) is 4.61. The van der Waals surface area contributed by atoms with Crippen molar-refractivity contribution in [2.75, 3.05) is 32.8 Å². The van der Waals surface area contributed by atoms with Gasteiger partial charge in [0.15, 0.2) is 0 Å². The molecule has 0 saturated carbocycles. The van der Waals surface area contributed by atoms with Gasteiger partial charge in [0, 0.05) is 32.3 Å². The highest BCUT2D eigenvalue weighted by molar-refractivity contribution is 5.84. The summed E-state index contributed by atoms with van der Waals surface area (Å²) in [5, 5.41) is 3.27. The lowest BCUT2D eigenvalue weighted by Gasteiger charge is -2.34. The van der Waals surface area contributed by atoms with E-state index in [9.17, 15) is 4.79 Å². The Morgan fingerprint density at radius 1 is 1.47 bits per heavy atom. The van der Waals surface area contributed by atoms with E-state index in [-0.39, 0.29) is 11.9 Å². The molecule has 1 fully saturated rings. The minimum Gasteiger partial charge on any atom is -0.380 e. The van der Waals surface area contributed by atoms with Crippen molar-refractivity contribution in [3.05, 3.63) is 0 Å². The van der Waals surface area contributed by atoms with E-state index in [1.54, 1.807) is 0 Å². The number of nitrogens with two attached hydrogens (primary N) is 1. The first-order valence-corrected chi connectivity index (χ1v) is 6.32. The van der Waals surface area contributed by atoms with Gasteiger partial charge < -0.3 is 15.8 Å². The van der Waals surface area contributed by atoms with Gasteiger partial charge >= 0.3 is 0 Å². The van der Waals surface area contributed by atoms with Crippen molar-refractivity contribution in [2.24, 2.45) is 5.73 Å². The van der Waals surface area contributed by atoms with Crippen LogP contribution in [-0.4, -0.2) is 55.2 Å². The monoisotopic (exact) mass is 243 g/mol. The highest BCUT2D eigenvalue weighted by Crippen LogP contribution is 2.10. The molecule has 1 aliphatic heterocycles. The van der Waals surface area contributed by atoms with Gasteiger partial charge in [-0.1, -0.05) is 0 Å². The molecule has 1 rings (SSSR count). The van der Waals surface area contributed by atoms with Crippen LogP contribution >= 0.6 is 0 Å². The van der Waals surface area contributed by atoms with Crippen LogP contribution in [0.5, 0.6) is 0 Å². The molecule has 0 radical (unpaired) electrons. The van der Waals surface area contributed by atoms with Crippen LogP contribution in [0.2, 0.25) is 0 Å². The predicted molar refractivity (Wildman–Crippen MR) is 67.7 cm³/mol. The number of nitrogens with zero attached hydrogens (tertiary/aromatic N) is 1. The number of hydrogen-bond donors (Lipinski definition) is 2. The molecule has 0 aliphatic carbocycles. The Kier molecular flexibility index (Phi) is 5.36. The number of hydrogen-bond acceptors (Lipinski definition) is 4. The van der Waals surface area contributed by atoms with Gasteiger partial charge in [0.1, 0.15) is 5.54 Å². The van der Waals surface area contributed by atoms with Gasteiger partial charge in [-0.3, -0.25) is 9.69 Å². The van der Waals surface area contributed by atoms with E-state index in [0.717, 1.165) is 32.7 Å². The molecule has 1 aliphatic rings. The Morgan fingerprint density at radius 2 is 2.18 bits per heavy atom. The SMILES string of the molecule is CC(C)NC(C)(CN1CCCOCC1)C(N)=O. The smallest absolute Gasteiger partial charge is 0.238 e. The molecular formula is C12H25N3O2. The van der Waals surface area contributed by atoms with E-state index in [4.69, 9.17) is 10.5 Å². The molecule has 1 amide bonds. The third-order valence-corrected chi connectivity index (χ3v) is 3.01. The number of nitrogens with one attached hydrogen (secondary N) is 1. The maximum absolute atomic E-state index is 11.6. The third-order valence-electron chi connectivity index (χ3n) is 3.01. The summed E-state index contributed by atoms with van der Waals surface area (Å²) in [5.74, 6) is -0.295. The fourth-order valence-corrected chi connectivity index (χ4v) is 2.23. The van der Waals surface area contributed by atoms with Crippen molar-refractivity contribution in [3.63, 3.8) is 0 Å². The second kappa shape index (κ2) is 6.33. The summed E-state index contributed by atoms with van der Waals surface area (Å²) in [5.41, 5.74) is 4.85. The van der Waals surface area contributed by atoms with Gasteiger partial charge in [0.05, 0.1) is 6.61 Å². The van der Waals surface area contributed by atoms with E-state index in [1.807, 2.05) is 20.8 Å². The summed E-state index contributed by atoms with van der Waals surface area (Å²) in [6, 6.07) is 0.232. The number of carbonyl (C=O) groups excluding carboxylic acids is 1. The largest absolute Gasteiger partial charge is 0.380 e. The highest BCUT2D eigenvalue weighted by Gasteiger charge is 2.33. The van der Waals surface area contributed by atoms with Crippen LogP contribution in [0.15, 0.2) is 0 Å². The van der Waals surface area contributed by atoms with Crippen LogP contribution in [0.3, 0.4) is 0 Å². The quantitative estimate of drug-likeness (QED) is 0.710. The molecule has 1 unspecified atom stereocenters. The molecule has 0 aromatic heterocycles. The van der Waals surface area contributed by atoms with Gasteiger partial charge in [-0.05, 0) is 27.2 Å². The van der Waals surface area contributed by atoms with Crippen LogP contribution in [-0.2, 0) is 9.53 Å². The summed E-state index contributed by atoms with van der Waals surface area (Å²) in [4.78, 5) is 13.9. The number of carbonyl (C=O) groups is 1. The molecule has 1 atom stereocenters. The normalized spacial score (nSPS) is 22.1. The summed E-state index contributed by atoms with van der Waals surface area (Å²) in [7, 11) is 0. The van der Waals surface area contributed by atoms with Crippen LogP contribution < -0.4 is 11.1 Å². The lowest BCUT2D eigenvalue weighted by atomic mass is 9.99. The van der Waals surface area contributed by atoms with Crippen molar-refractivity contribution in [3.8, 4) is 0 Å². The van der Waals surface area contributed by atoms with Crippen molar-refractivity contribution < 1.29 is 9.53 Å². The summed E-state index contributed by atoms with van der Waals surface area (Å²) in [6.45, 7) is 9.92. The molecule has 1 heterocycles. The molecule has 17 heavy (non-hydrogen) atoms. The molecule has 1 saturated heterocycles. The van der Waals surface area contributed by atoms with Gasteiger partial charge in [-0.25, -0.2) is 0 Å². The topological polar surface area (TPSA) is 67.6 Å². The first kappa shape index (κ1) is 14.4. The molecular weight excluding hydrogens is 218 g/mol. The Hall–Kier alpha value is -0.650. The van der Waals surface area contributed by atoms with E-state index in [0.29, 0.717) is 6.54 Å². The average molecular weight is 243 g/mol. The second-order valence-corrected chi connectivity index (χ2v) is 5.24. The lowest BCUT2D eigenvalue weighted by molar-refractivity contribution is -0.124. The van der Waals surface area contributed by atoms with Crippen LogP contribution in [0, 0.1) is 0 Å². The van der Waals surface area contributed by atoms with Gasteiger partial charge in [0.25, 0.3) is 0 Å². The van der Waals surface area contributed by atoms with E-state index >= 15 is 0 Å². The number of rotatable bonds is 5. The second-order valence-electron chi connectivity index (χ2n) is 5.24. The Morgan fingerprint density at radius 3 is 2.76 bits per heavy atom. The van der Waals surface area contributed by atoms with Gasteiger partial charge in [-0.2, -0.15) is 0 Å². The minimum absolute atomic E-state index is 0.232. The summed E-state index contributed by atoms with van der Waals surface area (Å²) in [6.07, 6.45) is 1.01. The summed E-state index contributed by atoms with van der Waals surface area (Å²) < 4.78 is 5.40. The van der Waals surface area contributed by atoms with E-state index < -0.39 is 5.54 Å².